The Bertz CT molecular complexity index is 208. The van der Waals surface area contributed by atoms with E-state index in [1.165, 1.54) is 0 Å². The average Bonchev–Trinajstić information content (AvgIpc) is 1.75. The monoisotopic (exact) mass is 344 g/mol. The molecule has 0 aromatic heterocycles. The molecule has 0 spiro atoms. The summed E-state index contributed by atoms with van der Waals surface area (Å²) in [6.07, 6.45) is 0. The third-order valence-electron chi connectivity index (χ3n) is 2.79. The van der Waals surface area contributed by atoms with Gasteiger partial charge in [0, 0.05) is 0 Å². The first-order valence-corrected chi connectivity index (χ1v) is 18.6. The first-order valence-electron chi connectivity index (χ1n) is 5.71. The van der Waals surface area contributed by atoms with E-state index in [0.717, 1.165) is 0 Å². The predicted octanol–water partition coefficient (Wildman–Crippen LogP) is 5.87. The first-order chi connectivity index (χ1) is 6.35. The number of rotatable bonds is 5. The van der Waals surface area contributed by atoms with Crippen molar-refractivity contribution >= 4 is 33.0 Å². The third-order valence-corrected chi connectivity index (χ3v) is 26.1. The Morgan fingerprint density at radius 3 is 1.16 bits per heavy atom. The minimum Gasteiger partial charge on any atom is -0.441 e. The van der Waals surface area contributed by atoms with Gasteiger partial charge in [0.25, 0.3) is 9.28 Å². The smallest absolute Gasteiger partial charge is 0.297 e. The lowest BCUT2D eigenvalue weighted by Gasteiger charge is -2.38. The molecule has 0 bridgehead atoms. The van der Waals surface area contributed by atoms with E-state index in [2.05, 4.69) is 58.9 Å². The Balaban J connectivity index is -0.000000163. The van der Waals surface area contributed by atoms with E-state index in [0.29, 0.717) is 0 Å². The molecule has 0 saturated carbocycles. The maximum Gasteiger partial charge on any atom is 0.297 e. The van der Waals surface area contributed by atoms with Crippen LogP contribution in [0.1, 0.15) is 29.7 Å². The fourth-order valence-electron chi connectivity index (χ4n) is 1.11. The summed E-state index contributed by atoms with van der Waals surface area (Å²) in [6, 6.07) is 0. The van der Waals surface area contributed by atoms with Crippen molar-refractivity contribution in [3.8, 4) is 0 Å². The average molecular weight is 345 g/mol. The van der Waals surface area contributed by atoms with Crippen molar-refractivity contribution < 1.29 is 8.23 Å². The Morgan fingerprint density at radius 1 is 0.632 bits per heavy atom. The quantitative estimate of drug-likeness (QED) is 0.580. The fourth-order valence-corrected chi connectivity index (χ4v) is 15.1. The second-order valence-corrected chi connectivity index (χ2v) is 29.6. The van der Waals surface area contributed by atoms with Crippen molar-refractivity contribution in [2.24, 2.45) is 0 Å². The van der Waals surface area contributed by atoms with Gasteiger partial charge < -0.3 is 8.23 Å². The van der Waals surface area contributed by atoms with Crippen LogP contribution in [0.5, 0.6) is 0 Å². The molecule has 0 heterocycles. The molecular formula is C13H44O2Si4. The van der Waals surface area contributed by atoms with Crippen molar-refractivity contribution in [1.29, 1.82) is 0 Å². The topological polar surface area (TPSA) is 18.5 Å². The lowest BCUT2D eigenvalue weighted by molar-refractivity contribution is 0.432. The molecule has 0 amide bonds. The molecule has 124 valence electrons. The molecular weight excluding hydrogens is 300 g/mol. The van der Waals surface area contributed by atoms with Gasteiger partial charge in [0.05, 0.1) is 7.59 Å². The molecule has 6 heteroatoms. The molecule has 2 nitrogen and oxygen atoms in total. The maximum atomic E-state index is 6.33. The van der Waals surface area contributed by atoms with Crippen LogP contribution in [0.15, 0.2) is 0 Å². The predicted molar refractivity (Wildman–Crippen MR) is 106 cm³/mol. The molecule has 1 atom stereocenters. The standard InChI is InChI=1S/C9H28O2Si4.4CH4/c1-12(10-13(2,3)4)11-15(8,9)14(5,6)7;;;;/h12H,1-9H3;4*1H4. The van der Waals surface area contributed by atoms with Crippen LogP contribution >= 0.6 is 0 Å². The molecule has 19 heavy (non-hydrogen) atoms. The lowest BCUT2D eigenvalue weighted by atomic mass is 11.8. The Kier molecular flexibility index (Phi) is 17.7. The van der Waals surface area contributed by atoms with E-state index >= 15 is 0 Å². The summed E-state index contributed by atoms with van der Waals surface area (Å²) < 4.78 is 12.4. The Labute approximate surface area is 130 Å². The minimum atomic E-state index is -1.47. The Morgan fingerprint density at radius 2 is 0.947 bits per heavy atom. The van der Waals surface area contributed by atoms with Gasteiger partial charge in [-0.15, -0.1) is 0 Å². The summed E-state index contributed by atoms with van der Waals surface area (Å²) in [5.74, 6) is 0. The normalized spacial score (nSPS) is 13.1. The highest BCUT2D eigenvalue weighted by Gasteiger charge is 2.40. The van der Waals surface area contributed by atoms with Gasteiger partial charge in [-0.25, -0.2) is 0 Å². The zero-order valence-electron chi connectivity index (χ0n) is 11.9. The van der Waals surface area contributed by atoms with Gasteiger partial charge in [-0.3, -0.25) is 0 Å². The largest absolute Gasteiger partial charge is 0.441 e. The molecule has 0 aliphatic rings. The van der Waals surface area contributed by atoms with Crippen LogP contribution in [0, 0.1) is 0 Å². The van der Waals surface area contributed by atoms with E-state index in [9.17, 15) is 0 Å². The summed E-state index contributed by atoms with van der Waals surface area (Å²) in [7, 11) is -5.40. The van der Waals surface area contributed by atoms with Gasteiger partial charge in [-0.2, -0.15) is 0 Å². The maximum absolute atomic E-state index is 6.33. The molecule has 0 aromatic carbocycles. The molecule has 0 aliphatic carbocycles. The van der Waals surface area contributed by atoms with Gasteiger partial charge >= 0.3 is 0 Å². The van der Waals surface area contributed by atoms with Crippen LogP contribution in [-0.2, 0) is 8.23 Å². The summed E-state index contributed by atoms with van der Waals surface area (Å²) in [5.41, 5.74) is 0. The fraction of sp³-hybridized carbons (Fsp3) is 1.00. The van der Waals surface area contributed by atoms with Crippen molar-refractivity contribution in [2.75, 3.05) is 0 Å². The summed E-state index contributed by atoms with van der Waals surface area (Å²) >= 11 is 0. The van der Waals surface area contributed by atoms with E-state index in [-0.39, 0.29) is 29.7 Å². The number of hydrogen-bond acceptors (Lipinski definition) is 2. The zero-order chi connectivity index (χ0) is 12.5. The van der Waals surface area contributed by atoms with Crippen molar-refractivity contribution in [3.05, 3.63) is 0 Å². The van der Waals surface area contributed by atoms with Crippen molar-refractivity contribution in [3.63, 3.8) is 0 Å². The first kappa shape index (κ1) is 31.9. The molecule has 0 aliphatic heterocycles. The molecule has 0 fully saturated rings. The van der Waals surface area contributed by atoms with E-state index in [4.69, 9.17) is 8.23 Å². The highest BCUT2D eigenvalue weighted by molar-refractivity contribution is 7.38. The van der Waals surface area contributed by atoms with Gasteiger partial charge in [0.1, 0.15) is 0 Å². The molecule has 0 aromatic rings. The Hall–Kier alpha value is 0.788. The second kappa shape index (κ2) is 10.5. The van der Waals surface area contributed by atoms with Crippen LogP contribution in [0.4, 0.5) is 0 Å². The number of hydrogen-bond donors (Lipinski definition) is 0. The van der Waals surface area contributed by atoms with Crippen molar-refractivity contribution in [2.45, 2.75) is 88.6 Å². The highest BCUT2D eigenvalue weighted by Crippen LogP contribution is 2.21. The van der Waals surface area contributed by atoms with E-state index in [1.54, 1.807) is 0 Å². The van der Waals surface area contributed by atoms with Gasteiger partial charge in [0.2, 0.25) is 0 Å². The lowest BCUT2D eigenvalue weighted by Crippen LogP contribution is -2.58. The van der Waals surface area contributed by atoms with Crippen LogP contribution < -0.4 is 0 Å². The van der Waals surface area contributed by atoms with E-state index in [1.807, 2.05) is 0 Å². The van der Waals surface area contributed by atoms with Gasteiger partial charge in [-0.05, 0) is 39.3 Å². The minimum absolute atomic E-state index is 0. The van der Waals surface area contributed by atoms with Crippen LogP contribution in [0.2, 0.25) is 58.9 Å². The highest BCUT2D eigenvalue weighted by atomic mass is 29.3. The van der Waals surface area contributed by atoms with Crippen molar-refractivity contribution in [1.82, 2.24) is 0 Å². The van der Waals surface area contributed by atoms with E-state index < -0.39 is 33.0 Å². The van der Waals surface area contributed by atoms with Crippen LogP contribution in [-0.4, -0.2) is 33.0 Å². The zero-order valence-corrected chi connectivity index (χ0v) is 16.0. The summed E-state index contributed by atoms with van der Waals surface area (Å²) in [4.78, 5) is 0. The second-order valence-electron chi connectivity index (χ2n) is 6.68. The molecule has 0 saturated heterocycles. The molecule has 1 unspecified atom stereocenters. The summed E-state index contributed by atoms with van der Waals surface area (Å²) in [6.45, 7) is 20.9. The van der Waals surface area contributed by atoms with Crippen LogP contribution in [0.25, 0.3) is 0 Å². The van der Waals surface area contributed by atoms with Crippen LogP contribution in [0.3, 0.4) is 0 Å². The molecule has 0 rings (SSSR count). The third kappa shape index (κ3) is 13.5. The SMILES string of the molecule is C.C.C.C.C[SiH](O[Si](C)(C)C)O[Si](C)(C)[Si](C)(C)C. The summed E-state index contributed by atoms with van der Waals surface area (Å²) in [5, 5.41) is 0. The molecule has 0 N–H and O–H groups in total. The molecule has 0 radical (unpaired) electrons. The van der Waals surface area contributed by atoms with Gasteiger partial charge in [-0.1, -0.05) is 49.3 Å². The van der Waals surface area contributed by atoms with Gasteiger partial charge in [0.15, 0.2) is 16.2 Å².